The smallest absolute Gasteiger partial charge is 0.0377 e. The molecule has 0 aliphatic heterocycles. The Balaban J connectivity index is -0.000000480. The fourth-order valence-corrected chi connectivity index (χ4v) is 1.37. The minimum Gasteiger partial charge on any atom is -0.269 e. The second kappa shape index (κ2) is 11.3. The van der Waals surface area contributed by atoms with E-state index in [0.717, 1.165) is 4.90 Å². The van der Waals surface area contributed by atoms with Crippen LogP contribution in [-0.2, 0) is 6.42 Å². The van der Waals surface area contributed by atoms with Gasteiger partial charge in [-0.25, -0.2) is 0 Å². The second-order valence-corrected chi connectivity index (χ2v) is 3.57. The van der Waals surface area contributed by atoms with Gasteiger partial charge in [0.15, 0.2) is 0 Å². The quantitative estimate of drug-likeness (QED) is 0.682. The first-order chi connectivity index (χ1) is 5.83. The van der Waals surface area contributed by atoms with Gasteiger partial charge in [0.25, 0.3) is 0 Å². The molecule has 0 spiro atoms. The lowest BCUT2D eigenvalue weighted by Crippen LogP contribution is -1.84. The van der Waals surface area contributed by atoms with Crippen LogP contribution >= 0.6 is 12.6 Å². The van der Waals surface area contributed by atoms with Crippen molar-refractivity contribution in [3.8, 4) is 0 Å². The van der Waals surface area contributed by atoms with E-state index in [0.29, 0.717) is 0 Å². The third-order valence-electron chi connectivity index (χ3n) is 1.99. The summed E-state index contributed by atoms with van der Waals surface area (Å²) in [6.07, 6.45) is 5.12. The molecular formula is C11H18F3S. The zero-order valence-electron chi connectivity index (χ0n) is 8.77. The van der Waals surface area contributed by atoms with Crippen molar-refractivity contribution in [1.82, 2.24) is 0 Å². The van der Waals surface area contributed by atoms with Gasteiger partial charge in [-0.3, -0.25) is 14.1 Å². The molecule has 15 heavy (non-hydrogen) atoms. The Morgan fingerprint density at radius 1 is 0.933 bits per heavy atom. The van der Waals surface area contributed by atoms with E-state index < -0.39 is 0 Å². The summed E-state index contributed by atoms with van der Waals surface area (Å²) in [7, 11) is 0. The van der Waals surface area contributed by atoms with Crippen LogP contribution in [0.25, 0.3) is 0 Å². The van der Waals surface area contributed by atoms with Crippen LogP contribution in [0, 0.1) is 0 Å². The molecule has 0 atom stereocenters. The van der Waals surface area contributed by atoms with E-state index in [2.05, 4.69) is 19.1 Å². The molecular weight excluding hydrogens is 221 g/mol. The number of unbranched alkanes of at least 4 members (excludes halogenated alkanes) is 2. The molecule has 1 aromatic rings. The summed E-state index contributed by atoms with van der Waals surface area (Å²) in [4.78, 5) is 0.939. The molecule has 0 fully saturated rings. The first kappa shape index (κ1) is 19.7. The first-order valence-electron chi connectivity index (χ1n) is 4.59. The molecule has 0 aliphatic carbocycles. The third-order valence-corrected chi connectivity index (χ3v) is 2.26. The van der Waals surface area contributed by atoms with Crippen LogP contribution in [0.5, 0.6) is 0 Å². The van der Waals surface area contributed by atoms with E-state index in [1.54, 1.807) is 0 Å². The van der Waals surface area contributed by atoms with Crippen molar-refractivity contribution in [3.05, 3.63) is 29.8 Å². The van der Waals surface area contributed by atoms with Gasteiger partial charge in [0.2, 0.25) is 0 Å². The van der Waals surface area contributed by atoms with Crippen molar-refractivity contribution < 1.29 is 14.1 Å². The zero-order chi connectivity index (χ0) is 8.81. The molecule has 0 amide bonds. The SMILES string of the molecule is CCCCCc1ccc([S])cc1.F.F.F. The van der Waals surface area contributed by atoms with Crippen LogP contribution in [0.2, 0.25) is 0 Å². The largest absolute Gasteiger partial charge is 0.269 e. The second-order valence-electron chi connectivity index (χ2n) is 3.10. The van der Waals surface area contributed by atoms with Gasteiger partial charge in [-0.1, -0.05) is 44.5 Å². The maximum absolute atomic E-state index is 5.01. The molecule has 1 rings (SSSR count). The van der Waals surface area contributed by atoms with E-state index >= 15 is 0 Å². The molecule has 0 aromatic heterocycles. The highest BCUT2D eigenvalue weighted by Gasteiger charge is 1.92. The van der Waals surface area contributed by atoms with Gasteiger partial charge < -0.3 is 0 Å². The predicted octanol–water partition coefficient (Wildman–Crippen LogP) is 4.43. The minimum absolute atomic E-state index is 0. The van der Waals surface area contributed by atoms with Gasteiger partial charge in [-0.05, 0) is 30.5 Å². The Hall–Kier alpha value is -0.770. The Morgan fingerprint density at radius 2 is 1.47 bits per heavy atom. The van der Waals surface area contributed by atoms with Crippen LogP contribution < -0.4 is 0 Å². The Morgan fingerprint density at radius 3 is 1.93 bits per heavy atom. The molecule has 0 aliphatic rings. The summed E-state index contributed by atoms with van der Waals surface area (Å²) < 4.78 is 0. The summed E-state index contributed by atoms with van der Waals surface area (Å²) in [5.74, 6) is 0. The molecule has 0 heterocycles. The van der Waals surface area contributed by atoms with Crippen molar-refractivity contribution in [2.75, 3.05) is 0 Å². The Labute approximate surface area is 94.6 Å². The lowest BCUT2D eigenvalue weighted by atomic mass is 10.1. The van der Waals surface area contributed by atoms with Crippen LogP contribution in [0.1, 0.15) is 31.7 Å². The lowest BCUT2D eigenvalue weighted by Gasteiger charge is -1.99. The molecule has 4 heteroatoms. The van der Waals surface area contributed by atoms with Crippen LogP contribution in [0.4, 0.5) is 14.1 Å². The number of benzene rings is 1. The van der Waals surface area contributed by atoms with Gasteiger partial charge in [0.1, 0.15) is 0 Å². The minimum atomic E-state index is 0. The van der Waals surface area contributed by atoms with Gasteiger partial charge >= 0.3 is 0 Å². The molecule has 89 valence electrons. The van der Waals surface area contributed by atoms with Gasteiger partial charge in [-0.2, -0.15) is 0 Å². The molecule has 0 saturated carbocycles. The highest BCUT2D eigenvalue weighted by molar-refractivity contribution is 7.80. The third kappa shape index (κ3) is 8.24. The standard InChI is InChI=1S/C11H15S.3FH/c1-2-3-4-5-10-6-8-11(12)9-7-10;;;/h6-9H,2-5H2,1H3;3*1H. The summed E-state index contributed by atoms with van der Waals surface area (Å²) >= 11 is 5.01. The van der Waals surface area contributed by atoms with E-state index in [1.807, 2.05) is 12.1 Å². The predicted molar refractivity (Wildman–Crippen MR) is 63.0 cm³/mol. The summed E-state index contributed by atoms with van der Waals surface area (Å²) in [5.41, 5.74) is 1.41. The number of hydrogen-bond acceptors (Lipinski definition) is 0. The van der Waals surface area contributed by atoms with E-state index in [-0.39, 0.29) is 14.1 Å². The summed E-state index contributed by atoms with van der Waals surface area (Å²) in [5, 5.41) is 0. The van der Waals surface area contributed by atoms with Gasteiger partial charge in [0, 0.05) is 4.90 Å². The topological polar surface area (TPSA) is 0 Å². The maximum Gasteiger partial charge on any atom is 0.0377 e. The number of rotatable bonds is 4. The molecule has 0 N–H and O–H groups in total. The summed E-state index contributed by atoms with van der Waals surface area (Å²) in [6, 6.07) is 8.29. The summed E-state index contributed by atoms with van der Waals surface area (Å²) in [6.45, 7) is 2.23. The average Bonchev–Trinajstić information content (AvgIpc) is 2.09. The number of halogens is 3. The highest BCUT2D eigenvalue weighted by atomic mass is 32.1. The average molecular weight is 239 g/mol. The molecule has 0 bridgehead atoms. The molecule has 1 radical (unpaired) electrons. The van der Waals surface area contributed by atoms with Crippen molar-refractivity contribution in [2.24, 2.45) is 0 Å². The van der Waals surface area contributed by atoms with E-state index in [1.165, 1.54) is 31.2 Å². The normalized spacial score (nSPS) is 8.07. The monoisotopic (exact) mass is 239 g/mol. The van der Waals surface area contributed by atoms with Crippen LogP contribution in [0.3, 0.4) is 0 Å². The first-order valence-corrected chi connectivity index (χ1v) is 4.99. The van der Waals surface area contributed by atoms with Gasteiger partial charge in [-0.15, -0.1) is 0 Å². The maximum atomic E-state index is 5.01. The fourth-order valence-electron chi connectivity index (χ4n) is 1.24. The van der Waals surface area contributed by atoms with Crippen molar-refractivity contribution >= 4 is 12.6 Å². The number of hydrogen-bond donors (Lipinski definition) is 0. The van der Waals surface area contributed by atoms with Crippen LogP contribution in [0.15, 0.2) is 29.2 Å². The highest BCUT2D eigenvalue weighted by Crippen LogP contribution is 2.10. The van der Waals surface area contributed by atoms with Crippen molar-refractivity contribution in [3.63, 3.8) is 0 Å². The fraction of sp³-hybridized carbons (Fsp3) is 0.455. The van der Waals surface area contributed by atoms with Crippen molar-refractivity contribution in [2.45, 2.75) is 37.5 Å². The Bertz CT molecular complexity index is 224. The van der Waals surface area contributed by atoms with Crippen LogP contribution in [-0.4, -0.2) is 0 Å². The molecule has 0 nitrogen and oxygen atoms in total. The molecule has 0 saturated heterocycles. The van der Waals surface area contributed by atoms with E-state index in [9.17, 15) is 0 Å². The molecule has 0 unspecified atom stereocenters. The van der Waals surface area contributed by atoms with Gasteiger partial charge in [0.05, 0.1) is 0 Å². The van der Waals surface area contributed by atoms with E-state index in [4.69, 9.17) is 12.6 Å². The zero-order valence-corrected chi connectivity index (χ0v) is 9.59. The Kier molecular flexibility index (Phi) is 14.9. The lowest BCUT2D eigenvalue weighted by molar-refractivity contribution is 0.717. The number of aryl methyl sites for hydroxylation is 1. The molecule has 1 aromatic carbocycles. The van der Waals surface area contributed by atoms with Crippen molar-refractivity contribution in [1.29, 1.82) is 0 Å².